The van der Waals surface area contributed by atoms with Crippen molar-refractivity contribution in [1.29, 1.82) is 0 Å². The maximum atomic E-state index is 13.0. The zero-order valence-corrected chi connectivity index (χ0v) is 9.46. The van der Waals surface area contributed by atoms with E-state index in [4.69, 9.17) is 17.3 Å². The Morgan fingerprint density at radius 3 is 2.53 bits per heavy atom. The molecule has 17 heavy (non-hydrogen) atoms. The van der Waals surface area contributed by atoms with Crippen LogP contribution in [0.2, 0.25) is 5.02 Å². The predicted molar refractivity (Wildman–Crippen MR) is 61.6 cm³/mol. The molecule has 0 spiro atoms. The van der Waals surface area contributed by atoms with Gasteiger partial charge in [0.1, 0.15) is 11.6 Å². The molecule has 2 N–H and O–H groups in total. The van der Waals surface area contributed by atoms with Crippen LogP contribution in [-0.4, -0.2) is 4.98 Å². The third-order valence-corrected chi connectivity index (χ3v) is 2.68. The monoisotopic (exact) mass is 254 g/mol. The number of rotatable bonds is 2. The first-order valence-corrected chi connectivity index (χ1v) is 5.26. The second-order valence-electron chi connectivity index (χ2n) is 3.59. The molecule has 0 saturated carbocycles. The number of pyridine rings is 1. The number of hydrogen-bond acceptors (Lipinski definition) is 2. The summed E-state index contributed by atoms with van der Waals surface area (Å²) in [6.07, 6.45) is 2.55. The molecule has 1 heterocycles. The van der Waals surface area contributed by atoms with Gasteiger partial charge in [0, 0.05) is 6.20 Å². The van der Waals surface area contributed by atoms with E-state index in [-0.39, 0.29) is 5.02 Å². The molecule has 0 radical (unpaired) electrons. The SMILES string of the molecule is NC(c1cncc(F)c1)c1ccc(F)c(Cl)c1. The fraction of sp³-hybridized carbons (Fsp3) is 0.0833. The normalized spacial score (nSPS) is 12.5. The lowest BCUT2D eigenvalue weighted by molar-refractivity contribution is 0.615. The molecule has 1 atom stereocenters. The van der Waals surface area contributed by atoms with Gasteiger partial charge in [-0.15, -0.1) is 0 Å². The van der Waals surface area contributed by atoms with E-state index in [1.807, 2.05) is 0 Å². The third-order valence-electron chi connectivity index (χ3n) is 2.39. The standard InChI is InChI=1S/C12H9ClF2N2/c13-10-4-7(1-2-11(10)15)12(16)8-3-9(14)6-17-5-8/h1-6,12H,16H2. The average Bonchev–Trinajstić information content (AvgIpc) is 2.32. The molecule has 88 valence electrons. The first kappa shape index (κ1) is 12.0. The summed E-state index contributed by atoms with van der Waals surface area (Å²) in [4.78, 5) is 3.71. The third kappa shape index (κ3) is 2.60. The predicted octanol–water partition coefficient (Wildman–Crippen LogP) is 3.06. The van der Waals surface area contributed by atoms with Gasteiger partial charge < -0.3 is 5.73 Å². The second-order valence-corrected chi connectivity index (χ2v) is 3.99. The minimum absolute atomic E-state index is 0.0117. The molecular weight excluding hydrogens is 246 g/mol. The van der Waals surface area contributed by atoms with Crippen LogP contribution in [0.15, 0.2) is 36.7 Å². The van der Waals surface area contributed by atoms with E-state index in [2.05, 4.69) is 4.98 Å². The first-order chi connectivity index (χ1) is 8.08. The molecular formula is C12H9ClF2N2. The molecule has 5 heteroatoms. The van der Waals surface area contributed by atoms with E-state index < -0.39 is 17.7 Å². The van der Waals surface area contributed by atoms with Gasteiger partial charge in [-0.2, -0.15) is 0 Å². The Kier molecular flexibility index (Phi) is 3.36. The number of benzene rings is 1. The van der Waals surface area contributed by atoms with Crippen molar-refractivity contribution >= 4 is 11.6 Å². The molecule has 2 nitrogen and oxygen atoms in total. The lowest BCUT2D eigenvalue weighted by atomic mass is 10.0. The second kappa shape index (κ2) is 4.77. The van der Waals surface area contributed by atoms with Gasteiger partial charge in [-0.05, 0) is 29.3 Å². The van der Waals surface area contributed by atoms with Crippen LogP contribution in [-0.2, 0) is 0 Å². The zero-order valence-electron chi connectivity index (χ0n) is 8.70. The molecule has 0 fully saturated rings. The highest BCUT2D eigenvalue weighted by molar-refractivity contribution is 6.30. The van der Waals surface area contributed by atoms with Crippen LogP contribution < -0.4 is 5.73 Å². The molecule has 1 unspecified atom stereocenters. The van der Waals surface area contributed by atoms with E-state index in [1.165, 1.54) is 30.5 Å². The first-order valence-electron chi connectivity index (χ1n) is 4.89. The van der Waals surface area contributed by atoms with Crippen LogP contribution in [0.5, 0.6) is 0 Å². The van der Waals surface area contributed by atoms with Gasteiger partial charge in [0.2, 0.25) is 0 Å². The van der Waals surface area contributed by atoms with Crippen molar-refractivity contribution in [3.63, 3.8) is 0 Å². The Morgan fingerprint density at radius 1 is 1.12 bits per heavy atom. The largest absolute Gasteiger partial charge is 0.320 e. The molecule has 2 aromatic rings. The van der Waals surface area contributed by atoms with E-state index in [0.717, 1.165) is 6.20 Å². The van der Waals surface area contributed by atoms with Crippen molar-refractivity contribution < 1.29 is 8.78 Å². The highest BCUT2D eigenvalue weighted by Crippen LogP contribution is 2.24. The smallest absolute Gasteiger partial charge is 0.141 e. The summed E-state index contributed by atoms with van der Waals surface area (Å²) < 4.78 is 26.0. The van der Waals surface area contributed by atoms with Gasteiger partial charge in [-0.3, -0.25) is 4.98 Å². The number of nitrogens with two attached hydrogens (primary N) is 1. The quantitative estimate of drug-likeness (QED) is 0.895. The Balaban J connectivity index is 2.36. The minimum Gasteiger partial charge on any atom is -0.320 e. The van der Waals surface area contributed by atoms with Gasteiger partial charge in [0.25, 0.3) is 0 Å². The Labute approximate surface area is 102 Å². The summed E-state index contributed by atoms with van der Waals surface area (Å²) >= 11 is 5.66. The van der Waals surface area contributed by atoms with Crippen molar-refractivity contribution in [3.05, 3.63) is 64.4 Å². The fourth-order valence-electron chi connectivity index (χ4n) is 1.50. The van der Waals surface area contributed by atoms with Gasteiger partial charge in [0.15, 0.2) is 0 Å². The molecule has 0 amide bonds. The molecule has 0 aliphatic heterocycles. The average molecular weight is 255 g/mol. The lowest BCUT2D eigenvalue weighted by Crippen LogP contribution is -2.12. The lowest BCUT2D eigenvalue weighted by Gasteiger charge is -2.12. The minimum atomic E-state index is -0.587. The van der Waals surface area contributed by atoms with Crippen LogP contribution in [0.1, 0.15) is 17.2 Å². The van der Waals surface area contributed by atoms with Crippen LogP contribution in [0.3, 0.4) is 0 Å². The summed E-state index contributed by atoms with van der Waals surface area (Å²) in [5, 5.41) is -0.0117. The molecule has 0 aliphatic rings. The summed E-state index contributed by atoms with van der Waals surface area (Å²) in [5.74, 6) is -0.980. The molecule has 0 saturated heterocycles. The molecule has 0 bridgehead atoms. The Morgan fingerprint density at radius 2 is 1.88 bits per heavy atom. The van der Waals surface area contributed by atoms with Crippen LogP contribution in [0.4, 0.5) is 8.78 Å². The molecule has 0 aliphatic carbocycles. The number of nitrogens with zero attached hydrogens (tertiary/aromatic N) is 1. The number of aromatic nitrogens is 1. The van der Waals surface area contributed by atoms with Crippen molar-refractivity contribution in [2.45, 2.75) is 6.04 Å². The highest BCUT2D eigenvalue weighted by atomic mass is 35.5. The molecule has 1 aromatic carbocycles. The van der Waals surface area contributed by atoms with Crippen LogP contribution in [0, 0.1) is 11.6 Å². The summed E-state index contributed by atoms with van der Waals surface area (Å²) in [5.41, 5.74) is 7.02. The molecule has 1 aromatic heterocycles. The number of halogens is 3. The van der Waals surface area contributed by atoms with Gasteiger partial charge >= 0.3 is 0 Å². The van der Waals surface area contributed by atoms with E-state index in [0.29, 0.717) is 11.1 Å². The summed E-state index contributed by atoms with van der Waals surface area (Å²) in [7, 11) is 0. The van der Waals surface area contributed by atoms with E-state index >= 15 is 0 Å². The van der Waals surface area contributed by atoms with Crippen LogP contribution in [0.25, 0.3) is 0 Å². The van der Waals surface area contributed by atoms with Crippen LogP contribution >= 0.6 is 11.6 Å². The number of hydrogen-bond donors (Lipinski definition) is 1. The summed E-state index contributed by atoms with van der Waals surface area (Å²) in [6.45, 7) is 0. The molecule has 2 rings (SSSR count). The Hall–Kier alpha value is -1.52. The van der Waals surface area contributed by atoms with E-state index in [9.17, 15) is 8.78 Å². The highest BCUT2D eigenvalue weighted by Gasteiger charge is 2.12. The maximum absolute atomic E-state index is 13.0. The van der Waals surface area contributed by atoms with Gasteiger partial charge in [-0.25, -0.2) is 8.78 Å². The fourth-order valence-corrected chi connectivity index (χ4v) is 1.69. The van der Waals surface area contributed by atoms with E-state index in [1.54, 1.807) is 0 Å². The van der Waals surface area contributed by atoms with Gasteiger partial charge in [-0.1, -0.05) is 17.7 Å². The van der Waals surface area contributed by atoms with Crippen molar-refractivity contribution in [1.82, 2.24) is 4.98 Å². The Bertz CT molecular complexity index is 546. The zero-order chi connectivity index (χ0) is 12.4. The van der Waals surface area contributed by atoms with Gasteiger partial charge in [0.05, 0.1) is 17.3 Å². The summed E-state index contributed by atoms with van der Waals surface area (Å²) in [6, 6.07) is 4.86. The van der Waals surface area contributed by atoms with Crippen molar-refractivity contribution in [2.24, 2.45) is 5.73 Å². The van der Waals surface area contributed by atoms with Crippen molar-refractivity contribution in [3.8, 4) is 0 Å². The maximum Gasteiger partial charge on any atom is 0.141 e. The topological polar surface area (TPSA) is 38.9 Å². The van der Waals surface area contributed by atoms with Crippen molar-refractivity contribution in [2.75, 3.05) is 0 Å².